The van der Waals surface area contributed by atoms with E-state index < -0.39 is 37.1 Å². The predicted molar refractivity (Wildman–Crippen MR) is 96.9 cm³/mol. The van der Waals surface area contributed by atoms with Crippen molar-refractivity contribution in [3.05, 3.63) is 18.5 Å². The minimum atomic E-state index is -2.77. The first kappa shape index (κ1) is 18.9. The molecule has 4 rings (SSSR count). The Hall–Kier alpha value is -3.44. The second kappa shape index (κ2) is 7.18. The molecule has 1 unspecified atom stereocenters. The van der Waals surface area contributed by atoms with Crippen LogP contribution in [0.1, 0.15) is 6.92 Å². The lowest BCUT2D eigenvalue weighted by atomic mass is 10.2. The molecule has 3 N–H and O–H groups in total. The number of alkyl halides is 2. The second-order valence-corrected chi connectivity index (χ2v) is 6.65. The summed E-state index contributed by atoms with van der Waals surface area (Å²) >= 11 is 0. The van der Waals surface area contributed by atoms with Gasteiger partial charge in [-0.3, -0.25) is 4.79 Å². The van der Waals surface area contributed by atoms with Crippen LogP contribution in [0, 0.1) is 0 Å². The van der Waals surface area contributed by atoms with Crippen LogP contribution in [0.3, 0.4) is 0 Å². The van der Waals surface area contributed by atoms with Crippen LogP contribution in [-0.2, 0) is 16.1 Å². The number of carbonyl (C=O) groups excluding carboxylic acids is 2. The summed E-state index contributed by atoms with van der Waals surface area (Å²) in [5.41, 5.74) is 6.16. The zero-order valence-electron chi connectivity index (χ0n) is 15.3. The number of carbonyl (C=O) groups is 2. The molecule has 154 valence electrons. The molecule has 2 aromatic rings. The van der Waals surface area contributed by atoms with Gasteiger partial charge >= 0.3 is 6.09 Å². The molecular weight excluding hydrogens is 390 g/mol. The SMILES string of the molecule is CC(Nc1cnc2c(c1)OCCn1cc(N3C(=O)OC[C@H]3C(F)F)nc1-2)C(N)=O. The van der Waals surface area contributed by atoms with Gasteiger partial charge in [0.15, 0.2) is 17.4 Å². The molecule has 0 saturated carbocycles. The van der Waals surface area contributed by atoms with Gasteiger partial charge in [0, 0.05) is 12.3 Å². The van der Waals surface area contributed by atoms with E-state index in [0.717, 1.165) is 4.90 Å². The molecule has 29 heavy (non-hydrogen) atoms. The van der Waals surface area contributed by atoms with Crippen LogP contribution in [0.4, 0.5) is 25.1 Å². The Morgan fingerprint density at radius 1 is 1.41 bits per heavy atom. The van der Waals surface area contributed by atoms with Crippen molar-refractivity contribution in [2.24, 2.45) is 5.73 Å². The Balaban J connectivity index is 1.68. The maximum atomic E-state index is 13.3. The molecule has 2 atom stereocenters. The normalized spacial score (nSPS) is 19.1. The Labute approximate surface area is 163 Å². The number of nitrogens with zero attached hydrogens (tertiary/aromatic N) is 4. The van der Waals surface area contributed by atoms with Crippen molar-refractivity contribution in [2.75, 3.05) is 23.4 Å². The molecule has 2 aliphatic rings. The van der Waals surface area contributed by atoms with Gasteiger partial charge in [0.05, 0.1) is 18.4 Å². The molecule has 0 aromatic carbocycles. The Bertz CT molecular complexity index is 965. The summed E-state index contributed by atoms with van der Waals surface area (Å²) in [5.74, 6) is 0.311. The van der Waals surface area contributed by atoms with Gasteiger partial charge in [-0.1, -0.05) is 0 Å². The van der Waals surface area contributed by atoms with Gasteiger partial charge in [-0.25, -0.2) is 28.4 Å². The first-order valence-corrected chi connectivity index (χ1v) is 8.85. The number of fused-ring (bicyclic) bond motifs is 3. The molecule has 12 heteroatoms. The van der Waals surface area contributed by atoms with Gasteiger partial charge in [-0.15, -0.1) is 0 Å². The zero-order valence-corrected chi connectivity index (χ0v) is 15.3. The number of imidazole rings is 1. The van der Waals surface area contributed by atoms with Crippen LogP contribution in [0.15, 0.2) is 18.5 Å². The van der Waals surface area contributed by atoms with Crippen LogP contribution in [0.5, 0.6) is 5.75 Å². The van der Waals surface area contributed by atoms with E-state index in [1.165, 1.54) is 12.4 Å². The van der Waals surface area contributed by atoms with Crippen molar-refractivity contribution in [3.63, 3.8) is 0 Å². The number of hydrogen-bond donors (Lipinski definition) is 2. The number of amides is 2. The molecule has 0 aliphatic carbocycles. The lowest BCUT2D eigenvalue weighted by Gasteiger charge is -2.17. The third-order valence-electron chi connectivity index (χ3n) is 4.67. The summed E-state index contributed by atoms with van der Waals surface area (Å²) in [6, 6.07) is -0.355. The van der Waals surface area contributed by atoms with Gasteiger partial charge in [0.1, 0.15) is 31.0 Å². The third kappa shape index (κ3) is 3.41. The quantitative estimate of drug-likeness (QED) is 0.762. The number of ether oxygens (including phenoxy) is 2. The van der Waals surface area contributed by atoms with Crippen molar-refractivity contribution >= 4 is 23.5 Å². The van der Waals surface area contributed by atoms with Gasteiger partial charge in [0.25, 0.3) is 6.43 Å². The van der Waals surface area contributed by atoms with E-state index in [9.17, 15) is 18.4 Å². The summed E-state index contributed by atoms with van der Waals surface area (Å²) in [4.78, 5) is 32.7. The summed E-state index contributed by atoms with van der Waals surface area (Å²) < 4.78 is 38.7. The van der Waals surface area contributed by atoms with Gasteiger partial charge < -0.3 is 25.1 Å². The van der Waals surface area contributed by atoms with Crippen LogP contribution < -0.4 is 20.7 Å². The fourth-order valence-corrected chi connectivity index (χ4v) is 3.14. The zero-order chi connectivity index (χ0) is 20.7. The molecule has 0 radical (unpaired) electrons. The number of nitrogens with two attached hydrogens (primary N) is 1. The topological polar surface area (TPSA) is 125 Å². The molecule has 0 spiro atoms. The summed E-state index contributed by atoms with van der Waals surface area (Å²) in [7, 11) is 0. The Kier molecular flexibility index (Phi) is 4.68. The largest absolute Gasteiger partial charge is 0.489 e. The van der Waals surface area contributed by atoms with Crippen LogP contribution >= 0.6 is 0 Å². The average Bonchev–Trinajstić information content (AvgIpc) is 3.21. The number of cyclic esters (lactones) is 1. The summed E-state index contributed by atoms with van der Waals surface area (Å²) in [5, 5.41) is 2.91. The summed E-state index contributed by atoms with van der Waals surface area (Å²) in [6.07, 6.45) is -0.651. The molecule has 4 heterocycles. The number of halogens is 2. The van der Waals surface area contributed by atoms with E-state index in [2.05, 4.69) is 15.3 Å². The lowest BCUT2D eigenvalue weighted by Crippen LogP contribution is -2.38. The molecule has 10 nitrogen and oxygen atoms in total. The van der Waals surface area contributed by atoms with Gasteiger partial charge in [-0.2, -0.15) is 0 Å². The molecule has 1 fully saturated rings. The Morgan fingerprint density at radius 3 is 2.93 bits per heavy atom. The molecule has 1 saturated heterocycles. The van der Waals surface area contributed by atoms with E-state index in [1.54, 1.807) is 17.6 Å². The van der Waals surface area contributed by atoms with E-state index >= 15 is 0 Å². The number of aromatic nitrogens is 3. The molecule has 2 aromatic heterocycles. The smallest absolute Gasteiger partial charge is 0.416 e. The number of rotatable bonds is 5. The van der Waals surface area contributed by atoms with Crippen molar-refractivity contribution < 1.29 is 27.8 Å². The van der Waals surface area contributed by atoms with Crippen LogP contribution in [-0.4, -0.2) is 58.3 Å². The predicted octanol–water partition coefficient (Wildman–Crippen LogP) is 1.21. The van der Waals surface area contributed by atoms with E-state index in [1.807, 2.05) is 0 Å². The average molecular weight is 408 g/mol. The monoisotopic (exact) mass is 408 g/mol. The van der Waals surface area contributed by atoms with Crippen molar-refractivity contribution in [1.82, 2.24) is 14.5 Å². The standard InChI is InChI=1S/C17H18F2N6O4/c1-8(15(20)26)22-9-4-11-13(21-5-9)16-23-12(6-24(16)2-3-28-11)25-10(14(18)19)7-29-17(25)27/h4-6,8,10,14,22H,2-3,7H2,1H3,(H2,20,26)/t8?,10-/m0/s1. The molecule has 2 amide bonds. The first-order chi connectivity index (χ1) is 13.8. The van der Waals surface area contributed by atoms with Crippen LogP contribution in [0.25, 0.3) is 11.5 Å². The van der Waals surface area contributed by atoms with Crippen LogP contribution in [0.2, 0.25) is 0 Å². The van der Waals surface area contributed by atoms with Gasteiger partial charge in [-0.05, 0) is 6.92 Å². The second-order valence-electron chi connectivity index (χ2n) is 6.65. The highest BCUT2D eigenvalue weighted by atomic mass is 19.3. The van der Waals surface area contributed by atoms with E-state index in [0.29, 0.717) is 29.5 Å². The maximum absolute atomic E-state index is 13.3. The van der Waals surface area contributed by atoms with Crippen molar-refractivity contribution in [3.8, 4) is 17.3 Å². The Morgan fingerprint density at radius 2 is 2.21 bits per heavy atom. The fraction of sp³-hybridized carbons (Fsp3) is 0.412. The van der Waals surface area contributed by atoms with E-state index in [4.69, 9.17) is 15.2 Å². The first-order valence-electron chi connectivity index (χ1n) is 8.85. The maximum Gasteiger partial charge on any atom is 0.416 e. The highest BCUT2D eigenvalue weighted by molar-refractivity contribution is 5.89. The van der Waals surface area contributed by atoms with Crippen molar-refractivity contribution in [1.29, 1.82) is 0 Å². The summed E-state index contributed by atoms with van der Waals surface area (Å²) in [6.45, 7) is 1.86. The highest BCUT2D eigenvalue weighted by Gasteiger charge is 2.42. The minimum absolute atomic E-state index is 0.0620. The highest BCUT2D eigenvalue weighted by Crippen LogP contribution is 2.35. The van der Waals surface area contributed by atoms with E-state index in [-0.39, 0.29) is 12.4 Å². The number of nitrogens with one attached hydrogen (secondary N) is 1. The lowest BCUT2D eigenvalue weighted by molar-refractivity contribution is -0.118. The number of pyridine rings is 1. The van der Waals surface area contributed by atoms with Crippen molar-refractivity contribution in [2.45, 2.75) is 32.0 Å². The number of anilines is 2. The fourth-order valence-electron chi connectivity index (χ4n) is 3.14. The third-order valence-corrected chi connectivity index (χ3v) is 4.67. The molecule has 0 bridgehead atoms. The van der Waals surface area contributed by atoms with Gasteiger partial charge in [0.2, 0.25) is 5.91 Å². The molecule has 2 aliphatic heterocycles. The molecular formula is C17H18F2N6O4. The minimum Gasteiger partial charge on any atom is -0.489 e. The number of hydrogen-bond acceptors (Lipinski definition) is 7. The number of primary amides is 1.